The third-order valence-electron chi connectivity index (χ3n) is 3.82. The minimum Gasteiger partial charge on any atom is -0.330 e. The number of benzene rings is 1. The van der Waals surface area contributed by atoms with E-state index in [1.54, 1.807) is 11.3 Å². The molecule has 0 aliphatic heterocycles. The summed E-state index contributed by atoms with van der Waals surface area (Å²) in [6.07, 6.45) is 2.04. The average Bonchev–Trinajstić information content (AvgIpc) is 3.12. The Hall–Kier alpha value is -2.37. The van der Waals surface area contributed by atoms with Crippen LogP contribution in [0.4, 0.5) is 10.8 Å². The average molecular weight is 355 g/mol. The molecule has 1 N–H and O–H groups in total. The van der Waals surface area contributed by atoms with Crippen LogP contribution in [0.3, 0.4) is 0 Å². The number of hydrogen-bond donors (Lipinski definition) is 1. The van der Waals surface area contributed by atoms with Crippen molar-refractivity contribution in [3.8, 4) is 11.4 Å². The van der Waals surface area contributed by atoms with Crippen molar-refractivity contribution in [1.82, 2.24) is 14.4 Å². The number of hydrogen-bond acceptors (Lipinski definition) is 4. The number of nitrogens with one attached hydrogen (secondary N) is 1. The maximum atomic E-state index is 6.20. The number of nitrogens with zero attached hydrogens (tertiary/aromatic N) is 3. The van der Waals surface area contributed by atoms with Crippen LogP contribution in [-0.4, -0.2) is 14.4 Å². The SMILES string of the molecule is Cc1ccn2c(-c3csc(Nc4ccccc4Cl)n3)c(C)nc2c1. The highest BCUT2D eigenvalue weighted by molar-refractivity contribution is 7.14. The molecule has 0 aliphatic rings. The molecule has 0 saturated heterocycles. The standard InChI is InChI=1S/C18H15ClN4S/c1-11-7-8-23-16(9-11)20-12(2)17(23)15-10-24-18(22-15)21-14-6-4-3-5-13(14)19/h3-10H,1-2H3,(H,21,22). The molecule has 6 heteroatoms. The number of rotatable bonds is 3. The van der Waals surface area contributed by atoms with Crippen LogP contribution in [-0.2, 0) is 0 Å². The predicted octanol–water partition coefficient (Wildman–Crippen LogP) is 5.47. The predicted molar refractivity (Wildman–Crippen MR) is 101 cm³/mol. The summed E-state index contributed by atoms with van der Waals surface area (Å²) in [4.78, 5) is 9.35. The first-order chi connectivity index (χ1) is 11.6. The fourth-order valence-corrected chi connectivity index (χ4v) is 3.58. The molecule has 24 heavy (non-hydrogen) atoms. The zero-order valence-electron chi connectivity index (χ0n) is 13.2. The van der Waals surface area contributed by atoms with E-state index in [9.17, 15) is 0 Å². The third-order valence-corrected chi connectivity index (χ3v) is 4.91. The van der Waals surface area contributed by atoms with E-state index >= 15 is 0 Å². The van der Waals surface area contributed by atoms with Gasteiger partial charge in [0, 0.05) is 11.6 Å². The van der Waals surface area contributed by atoms with Crippen LogP contribution in [0.2, 0.25) is 5.02 Å². The maximum Gasteiger partial charge on any atom is 0.187 e. The van der Waals surface area contributed by atoms with Gasteiger partial charge in [-0.2, -0.15) is 0 Å². The van der Waals surface area contributed by atoms with Gasteiger partial charge in [0.2, 0.25) is 0 Å². The van der Waals surface area contributed by atoms with Crippen molar-refractivity contribution in [2.45, 2.75) is 13.8 Å². The van der Waals surface area contributed by atoms with E-state index in [1.807, 2.05) is 42.8 Å². The topological polar surface area (TPSA) is 42.2 Å². The van der Waals surface area contributed by atoms with Gasteiger partial charge in [-0.3, -0.25) is 4.40 Å². The first-order valence-corrected chi connectivity index (χ1v) is 8.80. The van der Waals surface area contributed by atoms with Gasteiger partial charge in [-0.05, 0) is 43.7 Å². The summed E-state index contributed by atoms with van der Waals surface area (Å²) in [6, 6.07) is 11.8. The molecule has 0 amide bonds. The van der Waals surface area contributed by atoms with Crippen molar-refractivity contribution >= 4 is 39.4 Å². The molecule has 0 unspecified atom stereocenters. The van der Waals surface area contributed by atoms with Gasteiger partial charge in [-0.25, -0.2) is 9.97 Å². The Morgan fingerprint density at radius 2 is 1.96 bits per heavy atom. The summed E-state index contributed by atoms with van der Waals surface area (Å²) in [7, 11) is 0. The second-order valence-corrected chi connectivity index (χ2v) is 6.89. The fourth-order valence-electron chi connectivity index (χ4n) is 2.69. The van der Waals surface area contributed by atoms with Crippen LogP contribution in [0.5, 0.6) is 0 Å². The van der Waals surface area contributed by atoms with Crippen LogP contribution in [0.25, 0.3) is 17.0 Å². The summed E-state index contributed by atoms with van der Waals surface area (Å²) < 4.78 is 2.08. The molecular formula is C18H15ClN4S. The largest absolute Gasteiger partial charge is 0.330 e. The van der Waals surface area contributed by atoms with E-state index in [0.717, 1.165) is 33.5 Å². The Morgan fingerprint density at radius 1 is 1.12 bits per heavy atom. The van der Waals surface area contributed by atoms with Crippen LogP contribution in [0.1, 0.15) is 11.3 Å². The lowest BCUT2D eigenvalue weighted by molar-refractivity contribution is 1.16. The number of aromatic nitrogens is 3. The van der Waals surface area contributed by atoms with Crippen molar-refractivity contribution in [3.63, 3.8) is 0 Å². The molecule has 120 valence electrons. The molecule has 3 heterocycles. The summed E-state index contributed by atoms with van der Waals surface area (Å²) >= 11 is 7.75. The molecule has 0 radical (unpaired) electrons. The van der Waals surface area contributed by atoms with Crippen LogP contribution < -0.4 is 5.32 Å². The van der Waals surface area contributed by atoms with Gasteiger partial charge in [0.15, 0.2) is 5.13 Å². The van der Waals surface area contributed by atoms with E-state index in [-0.39, 0.29) is 0 Å². The molecular weight excluding hydrogens is 340 g/mol. The number of halogens is 1. The lowest BCUT2D eigenvalue weighted by atomic mass is 10.2. The molecule has 3 aromatic heterocycles. The molecule has 0 saturated carbocycles. The molecule has 0 bridgehead atoms. The van der Waals surface area contributed by atoms with Gasteiger partial charge in [-0.1, -0.05) is 23.7 Å². The first-order valence-electron chi connectivity index (χ1n) is 7.54. The van der Waals surface area contributed by atoms with Gasteiger partial charge in [0.05, 0.1) is 22.1 Å². The number of aryl methyl sites for hydroxylation is 2. The summed E-state index contributed by atoms with van der Waals surface area (Å²) in [5.74, 6) is 0. The number of para-hydroxylation sites is 1. The molecule has 0 spiro atoms. The van der Waals surface area contributed by atoms with Crippen LogP contribution in [0.15, 0.2) is 48.0 Å². The van der Waals surface area contributed by atoms with Crippen molar-refractivity contribution in [2.24, 2.45) is 0 Å². The first kappa shape index (κ1) is 15.2. The summed E-state index contributed by atoms with van der Waals surface area (Å²) in [5.41, 5.74) is 5.88. The van der Waals surface area contributed by atoms with Gasteiger partial charge >= 0.3 is 0 Å². The molecule has 0 atom stereocenters. The second kappa shape index (κ2) is 5.92. The van der Waals surface area contributed by atoms with Gasteiger partial charge in [-0.15, -0.1) is 11.3 Å². The number of anilines is 2. The fraction of sp³-hybridized carbons (Fsp3) is 0.111. The van der Waals surface area contributed by atoms with E-state index in [2.05, 4.69) is 33.8 Å². The highest BCUT2D eigenvalue weighted by atomic mass is 35.5. The van der Waals surface area contributed by atoms with Crippen molar-refractivity contribution in [1.29, 1.82) is 0 Å². The van der Waals surface area contributed by atoms with Crippen LogP contribution in [0, 0.1) is 13.8 Å². The van der Waals surface area contributed by atoms with Gasteiger partial charge in [0.25, 0.3) is 0 Å². The van der Waals surface area contributed by atoms with Gasteiger partial charge < -0.3 is 5.32 Å². The Kier molecular flexibility index (Phi) is 3.75. The van der Waals surface area contributed by atoms with E-state index in [4.69, 9.17) is 16.6 Å². The minimum absolute atomic E-state index is 0.677. The lowest BCUT2D eigenvalue weighted by Gasteiger charge is -2.04. The number of imidazole rings is 1. The lowest BCUT2D eigenvalue weighted by Crippen LogP contribution is -1.92. The Balaban J connectivity index is 1.73. The molecule has 4 rings (SSSR count). The Labute approximate surface area is 148 Å². The van der Waals surface area contributed by atoms with Crippen molar-refractivity contribution < 1.29 is 0 Å². The molecule has 1 aromatic carbocycles. The zero-order chi connectivity index (χ0) is 16.7. The van der Waals surface area contributed by atoms with Crippen LogP contribution >= 0.6 is 22.9 Å². The quantitative estimate of drug-likeness (QED) is 0.530. The smallest absolute Gasteiger partial charge is 0.187 e. The zero-order valence-corrected chi connectivity index (χ0v) is 14.8. The molecule has 4 aromatic rings. The highest BCUT2D eigenvalue weighted by Gasteiger charge is 2.14. The maximum absolute atomic E-state index is 6.20. The number of fused-ring (bicyclic) bond motifs is 1. The molecule has 0 aliphatic carbocycles. The number of thiazole rings is 1. The monoisotopic (exact) mass is 354 g/mol. The van der Waals surface area contributed by atoms with Crippen molar-refractivity contribution in [2.75, 3.05) is 5.32 Å². The summed E-state index contributed by atoms with van der Waals surface area (Å²) in [5, 5.41) is 6.80. The van der Waals surface area contributed by atoms with Gasteiger partial charge in [0.1, 0.15) is 11.3 Å². The Morgan fingerprint density at radius 3 is 2.79 bits per heavy atom. The Bertz CT molecular complexity index is 1030. The van der Waals surface area contributed by atoms with E-state index in [1.165, 1.54) is 5.56 Å². The normalized spacial score (nSPS) is 11.1. The van der Waals surface area contributed by atoms with E-state index < -0.39 is 0 Å². The number of pyridine rings is 1. The second-order valence-electron chi connectivity index (χ2n) is 5.62. The highest BCUT2D eigenvalue weighted by Crippen LogP contribution is 2.31. The third kappa shape index (κ3) is 2.66. The molecule has 0 fully saturated rings. The van der Waals surface area contributed by atoms with E-state index in [0.29, 0.717) is 5.02 Å². The van der Waals surface area contributed by atoms with Crippen molar-refractivity contribution in [3.05, 3.63) is 64.3 Å². The molecule has 4 nitrogen and oxygen atoms in total. The summed E-state index contributed by atoms with van der Waals surface area (Å²) in [6.45, 7) is 4.08. The minimum atomic E-state index is 0.677.